The minimum atomic E-state index is 0.193. The molecular formula is C15H18N2O. The monoisotopic (exact) mass is 242 g/mol. The number of hydrogen-bond donors (Lipinski definition) is 2. The SMILES string of the molecule is Cc1ccc(CNC(C)c2cccc(O)c2)cn1. The van der Waals surface area contributed by atoms with Gasteiger partial charge in [0, 0.05) is 24.5 Å². The van der Waals surface area contributed by atoms with E-state index in [0.717, 1.165) is 23.4 Å². The van der Waals surface area contributed by atoms with E-state index in [4.69, 9.17) is 0 Å². The lowest BCUT2D eigenvalue weighted by Crippen LogP contribution is -2.18. The highest BCUT2D eigenvalue weighted by Gasteiger charge is 2.05. The minimum Gasteiger partial charge on any atom is -0.508 e. The molecule has 2 rings (SSSR count). The molecule has 0 spiro atoms. The highest BCUT2D eigenvalue weighted by atomic mass is 16.3. The second-order valence-corrected chi connectivity index (χ2v) is 4.51. The first-order chi connectivity index (χ1) is 8.65. The smallest absolute Gasteiger partial charge is 0.115 e. The van der Waals surface area contributed by atoms with Crippen LogP contribution >= 0.6 is 0 Å². The number of aromatic nitrogens is 1. The van der Waals surface area contributed by atoms with Gasteiger partial charge in [0.25, 0.3) is 0 Å². The number of rotatable bonds is 4. The molecule has 0 saturated heterocycles. The van der Waals surface area contributed by atoms with Crippen LogP contribution in [0.15, 0.2) is 42.6 Å². The number of aryl methyl sites for hydroxylation is 1. The van der Waals surface area contributed by atoms with Crippen molar-refractivity contribution in [3.05, 3.63) is 59.4 Å². The van der Waals surface area contributed by atoms with Gasteiger partial charge in [-0.1, -0.05) is 18.2 Å². The van der Waals surface area contributed by atoms with Gasteiger partial charge in [-0.05, 0) is 43.2 Å². The number of nitrogens with one attached hydrogen (secondary N) is 1. The average molecular weight is 242 g/mol. The second kappa shape index (κ2) is 5.65. The van der Waals surface area contributed by atoms with Gasteiger partial charge in [0.15, 0.2) is 0 Å². The second-order valence-electron chi connectivity index (χ2n) is 4.51. The number of pyridine rings is 1. The molecule has 3 nitrogen and oxygen atoms in total. The van der Waals surface area contributed by atoms with E-state index in [-0.39, 0.29) is 6.04 Å². The van der Waals surface area contributed by atoms with Gasteiger partial charge in [-0.25, -0.2) is 0 Å². The third-order valence-corrected chi connectivity index (χ3v) is 2.96. The lowest BCUT2D eigenvalue weighted by molar-refractivity contribution is 0.472. The standard InChI is InChI=1S/C15H18N2O/c1-11-6-7-13(9-16-11)10-17-12(2)14-4-3-5-15(18)8-14/h3-9,12,17-18H,10H2,1-2H3. The summed E-state index contributed by atoms with van der Waals surface area (Å²) in [5.41, 5.74) is 3.27. The highest BCUT2D eigenvalue weighted by molar-refractivity contribution is 5.29. The molecule has 94 valence electrons. The summed E-state index contributed by atoms with van der Waals surface area (Å²) in [7, 11) is 0. The van der Waals surface area contributed by atoms with Crippen molar-refractivity contribution < 1.29 is 5.11 Å². The molecule has 0 aliphatic carbocycles. The molecule has 0 aliphatic heterocycles. The molecule has 1 heterocycles. The summed E-state index contributed by atoms with van der Waals surface area (Å²) in [6, 6.07) is 11.6. The van der Waals surface area contributed by atoms with Crippen LogP contribution in [0.3, 0.4) is 0 Å². The molecule has 0 radical (unpaired) electrons. The molecule has 2 aromatic rings. The van der Waals surface area contributed by atoms with E-state index in [9.17, 15) is 5.11 Å². The first-order valence-corrected chi connectivity index (χ1v) is 6.09. The van der Waals surface area contributed by atoms with Crippen molar-refractivity contribution in [2.75, 3.05) is 0 Å². The Labute approximate surface area is 108 Å². The van der Waals surface area contributed by atoms with E-state index >= 15 is 0 Å². The Morgan fingerprint density at radius 1 is 1.28 bits per heavy atom. The first-order valence-electron chi connectivity index (χ1n) is 6.09. The zero-order valence-electron chi connectivity index (χ0n) is 10.7. The first kappa shape index (κ1) is 12.6. The molecule has 0 amide bonds. The van der Waals surface area contributed by atoms with Gasteiger partial charge in [-0.2, -0.15) is 0 Å². The summed E-state index contributed by atoms with van der Waals surface area (Å²) >= 11 is 0. The number of aromatic hydroxyl groups is 1. The Bertz CT molecular complexity index is 508. The number of phenolic OH excluding ortho intramolecular Hbond substituents is 1. The van der Waals surface area contributed by atoms with Gasteiger partial charge in [-0.15, -0.1) is 0 Å². The molecule has 0 saturated carbocycles. The largest absolute Gasteiger partial charge is 0.508 e. The summed E-state index contributed by atoms with van der Waals surface area (Å²) in [4.78, 5) is 4.26. The van der Waals surface area contributed by atoms with Gasteiger partial charge in [0.2, 0.25) is 0 Å². The summed E-state index contributed by atoms with van der Waals surface area (Å²) in [5.74, 6) is 0.304. The number of hydrogen-bond acceptors (Lipinski definition) is 3. The van der Waals surface area contributed by atoms with E-state index in [0.29, 0.717) is 5.75 Å². The molecule has 2 N–H and O–H groups in total. The maximum Gasteiger partial charge on any atom is 0.115 e. The van der Waals surface area contributed by atoms with Gasteiger partial charge in [0.1, 0.15) is 5.75 Å². The summed E-state index contributed by atoms with van der Waals surface area (Å²) < 4.78 is 0. The molecule has 0 aliphatic rings. The van der Waals surface area contributed by atoms with Crippen molar-refractivity contribution in [3.63, 3.8) is 0 Å². The minimum absolute atomic E-state index is 0.193. The van der Waals surface area contributed by atoms with E-state index in [1.807, 2.05) is 31.3 Å². The van der Waals surface area contributed by atoms with E-state index in [1.54, 1.807) is 12.1 Å². The summed E-state index contributed by atoms with van der Waals surface area (Å²) in [6.07, 6.45) is 1.89. The third kappa shape index (κ3) is 3.31. The molecule has 3 heteroatoms. The van der Waals surface area contributed by atoms with Crippen LogP contribution in [0, 0.1) is 6.92 Å². The quantitative estimate of drug-likeness (QED) is 0.866. The average Bonchev–Trinajstić information content (AvgIpc) is 2.38. The maximum atomic E-state index is 9.44. The van der Waals surface area contributed by atoms with Gasteiger partial charge < -0.3 is 10.4 Å². The van der Waals surface area contributed by atoms with E-state index in [1.165, 1.54) is 0 Å². The predicted molar refractivity (Wildman–Crippen MR) is 72.3 cm³/mol. The van der Waals surface area contributed by atoms with Crippen LogP contribution < -0.4 is 5.32 Å². The molecule has 0 fully saturated rings. The molecular weight excluding hydrogens is 224 g/mol. The van der Waals surface area contributed by atoms with Gasteiger partial charge in [0.05, 0.1) is 0 Å². The number of nitrogens with zero attached hydrogens (tertiary/aromatic N) is 1. The van der Waals surface area contributed by atoms with Crippen LogP contribution in [0.25, 0.3) is 0 Å². The maximum absolute atomic E-state index is 9.44. The summed E-state index contributed by atoms with van der Waals surface area (Å²) in [6.45, 7) is 4.83. The Hall–Kier alpha value is -1.87. The Morgan fingerprint density at radius 3 is 2.78 bits per heavy atom. The van der Waals surface area contributed by atoms with Crippen LogP contribution in [-0.4, -0.2) is 10.1 Å². The third-order valence-electron chi connectivity index (χ3n) is 2.96. The molecule has 18 heavy (non-hydrogen) atoms. The topological polar surface area (TPSA) is 45.1 Å². The molecule has 1 aromatic carbocycles. The number of benzene rings is 1. The van der Waals surface area contributed by atoms with Crippen molar-refractivity contribution in [1.29, 1.82) is 0 Å². The van der Waals surface area contributed by atoms with Crippen molar-refractivity contribution in [2.24, 2.45) is 0 Å². The lowest BCUT2D eigenvalue weighted by Gasteiger charge is -2.14. The van der Waals surface area contributed by atoms with Crippen molar-refractivity contribution >= 4 is 0 Å². The van der Waals surface area contributed by atoms with Gasteiger partial charge >= 0.3 is 0 Å². The fourth-order valence-electron chi connectivity index (χ4n) is 1.79. The Balaban J connectivity index is 1.96. The van der Waals surface area contributed by atoms with E-state index in [2.05, 4.69) is 23.3 Å². The predicted octanol–water partition coefficient (Wildman–Crippen LogP) is 2.95. The molecule has 1 atom stereocenters. The van der Waals surface area contributed by atoms with Gasteiger partial charge in [-0.3, -0.25) is 4.98 Å². The van der Waals surface area contributed by atoms with Crippen molar-refractivity contribution in [2.45, 2.75) is 26.4 Å². The van der Waals surface area contributed by atoms with Crippen LogP contribution in [0.4, 0.5) is 0 Å². The zero-order chi connectivity index (χ0) is 13.0. The normalized spacial score (nSPS) is 12.3. The molecule has 0 bridgehead atoms. The molecule has 1 aromatic heterocycles. The number of phenols is 1. The Morgan fingerprint density at radius 2 is 2.11 bits per heavy atom. The fraction of sp³-hybridized carbons (Fsp3) is 0.267. The van der Waals surface area contributed by atoms with Crippen LogP contribution in [0.5, 0.6) is 5.75 Å². The molecule has 1 unspecified atom stereocenters. The zero-order valence-corrected chi connectivity index (χ0v) is 10.7. The lowest BCUT2D eigenvalue weighted by atomic mass is 10.1. The fourth-order valence-corrected chi connectivity index (χ4v) is 1.79. The van der Waals surface area contributed by atoms with Crippen LogP contribution in [0.1, 0.15) is 29.8 Å². The Kier molecular flexibility index (Phi) is 3.95. The van der Waals surface area contributed by atoms with E-state index < -0.39 is 0 Å². The summed E-state index contributed by atoms with van der Waals surface area (Å²) in [5, 5.41) is 12.9. The van der Waals surface area contributed by atoms with Crippen molar-refractivity contribution in [3.8, 4) is 5.75 Å². The van der Waals surface area contributed by atoms with Crippen molar-refractivity contribution in [1.82, 2.24) is 10.3 Å². The van der Waals surface area contributed by atoms with Crippen LogP contribution in [0.2, 0.25) is 0 Å². The highest BCUT2D eigenvalue weighted by Crippen LogP contribution is 2.18. The van der Waals surface area contributed by atoms with Crippen LogP contribution in [-0.2, 0) is 6.54 Å².